The van der Waals surface area contributed by atoms with E-state index in [2.05, 4.69) is 5.32 Å². The summed E-state index contributed by atoms with van der Waals surface area (Å²) in [5.74, 6) is -0.134. The highest BCUT2D eigenvalue weighted by Crippen LogP contribution is 2.20. The summed E-state index contributed by atoms with van der Waals surface area (Å²) in [4.78, 5) is 12.2. The smallest absolute Gasteiger partial charge is 0.251 e. The molecule has 1 aliphatic carbocycles. The monoisotopic (exact) mass is 281 g/mol. The average molecular weight is 282 g/mol. The van der Waals surface area contributed by atoms with Crippen molar-refractivity contribution >= 4 is 17.5 Å². The van der Waals surface area contributed by atoms with Crippen LogP contribution in [0.4, 0.5) is 0 Å². The van der Waals surface area contributed by atoms with Crippen LogP contribution in [0, 0.1) is 6.92 Å². The molecule has 0 spiro atoms. The Morgan fingerprint density at radius 3 is 2.79 bits per heavy atom. The number of carbonyl (C=O) groups excluding carboxylic acids is 1. The van der Waals surface area contributed by atoms with Crippen molar-refractivity contribution in [3.05, 3.63) is 34.3 Å². The summed E-state index contributed by atoms with van der Waals surface area (Å²) in [6, 6.07) is 5.09. The zero-order valence-electron chi connectivity index (χ0n) is 11.2. The largest absolute Gasteiger partial charge is 0.391 e. The van der Waals surface area contributed by atoms with Crippen molar-refractivity contribution < 1.29 is 9.90 Å². The highest BCUT2D eigenvalue weighted by Gasteiger charge is 2.23. The number of hydrogen-bond acceptors (Lipinski definition) is 2. The van der Waals surface area contributed by atoms with E-state index in [-0.39, 0.29) is 11.9 Å². The van der Waals surface area contributed by atoms with Crippen molar-refractivity contribution in [3.8, 4) is 0 Å². The number of nitrogens with one attached hydrogen (secondary N) is 1. The molecule has 2 rings (SSSR count). The molecule has 0 aliphatic heterocycles. The second kappa shape index (κ2) is 6.40. The number of aliphatic hydroxyl groups excluding tert-OH is 1. The molecule has 1 amide bonds. The Morgan fingerprint density at radius 2 is 2.05 bits per heavy atom. The maximum atomic E-state index is 12.2. The van der Waals surface area contributed by atoms with Crippen molar-refractivity contribution in [1.29, 1.82) is 0 Å². The molecule has 1 aliphatic rings. The summed E-state index contributed by atoms with van der Waals surface area (Å²) < 4.78 is 0. The lowest BCUT2D eigenvalue weighted by molar-refractivity contribution is 0.0818. The number of aliphatic hydroxyl groups is 1. The first-order valence-corrected chi connectivity index (χ1v) is 7.21. The second-order valence-corrected chi connectivity index (χ2v) is 5.66. The first kappa shape index (κ1) is 14.4. The molecule has 1 fully saturated rings. The molecular weight excluding hydrogens is 262 g/mol. The van der Waals surface area contributed by atoms with Gasteiger partial charge in [0.2, 0.25) is 0 Å². The predicted octanol–water partition coefficient (Wildman–Crippen LogP) is 3.07. The number of carbonyl (C=O) groups is 1. The van der Waals surface area contributed by atoms with Gasteiger partial charge in [-0.25, -0.2) is 0 Å². The van der Waals surface area contributed by atoms with Gasteiger partial charge in [0, 0.05) is 10.6 Å². The first-order chi connectivity index (χ1) is 9.08. The van der Waals surface area contributed by atoms with Crippen molar-refractivity contribution in [2.24, 2.45) is 0 Å². The number of amides is 1. The topological polar surface area (TPSA) is 49.3 Å². The van der Waals surface area contributed by atoms with Crippen molar-refractivity contribution in [1.82, 2.24) is 5.32 Å². The summed E-state index contributed by atoms with van der Waals surface area (Å²) >= 11 is 5.95. The van der Waals surface area contributed by atoms with E-state index in [0.29, 0.717) is 10.6 Å². The van der Waals surface area contributed by atoms with E-state index < -0.39 is 6.10 Å². The predicted molar refractivity (Wildman–Crippen MR) is 76.5 cm³/mol. The molecule has 1 saturated carbocycles. The Balaban J connectivity index is 2.05. The fourth-order valence-electron chi connectivity index (χ4n) is 2.49. The van der Waals surface area contributed by atoms with Crippen LogP contribution in [0.2, 0.25) is 5.02 Å². The molecule has 3 nitrogen and oxygen atoms in total. The van der Waals surface area contributed by atoms with Crippen molar-refractivity contribution in [2.45, 2.75) is 51.2 Å². The standard InChI is InChI=1S/C15H20ClNO2/c1-10-9-11(7-8-12(10)16)15(19)17-13-5-3-2-4-6-14(13)18/h7-9,13-14,18H,2-6H2,1H3,(H,17,19). The number of rotatable bonds is 2. The van der Waals surface area contributed by atoms with Crippen LogP contribution in [0.1, 0.15) is 48.0 Å². The van der Waals surface area contributed by atoms with E-state index in [0.717, 1.165) is 37.7 Å². The lowest BCUT2D eigenvalue weighted by atomic mass is 10.0. The highest BCUT2D eigenvalue weighted by molar-refractivity contribution is 6.31. The normalized spacial score (nSPS) is 23.7. The Hall–Kier alpha value is -1.06. The zero-order chi connectivity index (χ0) is 13.8. The third kappa shape index (κ3) is 3.71. The number of halogens is 1. The van der Waals surface area contributed by atoms with E-state index in [1.807, 2.05) is 6.92 Å². The summed E-state index contributed by atoms with van der Waals surface area (Å²) in [5.41, 5.74) is 1.48. The van der Waals surface area contributed by atoms with Crippen LogP contribution >= 0.6 is 11.6 Å². The summed E-state index contributed by atoms with van der Waals surface area (Å²) in [6.45, 7) is 1.87. The van der Waals surface area contributed by atoms with Gasteiger partial charge in [0.15, 0.2) is 0 Å². The lowest BCUT2D eigenvalue weighted by Crippen LogP contribution is -2.42. The van der Waals surface area contributed by atoms with Gasteiger partial charge < -0.3 is 10.4 Å². The van der Waals surface area contributed by atoms with Crippen LogP contribution in [0.5, 0.6) is 0 Å². The maximum absolute atomic E-state index is 12.2. The molecule has 0 aromatic heterocycles. The van der Waals surface area contributed by atoms with Crippen molar-refractivity contribution in [3.63, 3.8) is 0 Å². The Bertz CT molecular complexity index is 461. The van der Waals surface area contributed by atoms with Crippen LogP contribution in [0.25, 0.3) is 0 Å². The molecule has 1 aromatic carbocycles. The maximum Gasteiger partial charge on any atom is 0.251 e. The molecule has 104 valence electrons. The van der Waals surface area contributed by atoms with Crippen LogP contribution in [-0.2, 0) is 0 Å². The first-order valence-electron chi connectivity index (χ1n) is 6.83. The van der Waals surface area contributed by atoms with E-state index >= 15 is 0 Å². The van der Waals surface area contributed by atoms with Gasteiger partial charge in [0.05, 0.1) is 12.1 Å². The molecule has 0 radical (unpaired) electrons. The van der Waals surface area contributed by atoms with E-state index in [1.54, 1.807) is 18.2 Å². The molecular formula is C15H20ClNO2. The summed E-state index contributed by atoms with van der Waals surface area (Å²) in [5, 5.41) is 13.6. The van der Waals surface area contributed by atoms with E-state index in [1.165, 1.54) is 0 Å². The number of benzene rings is 1. The van der Waals surface area contributed by atoms with Gasteiger partial charge in [0.1, 0.15) is 0 Å². The van der Waals surface area contributed by atoms with Crippen LogP contribution in [0.15, 0.2) is 18.2 Å². The molecule has 2 N–H and O–H groups in total. The lowest BCUT2D eigenvalue weighted by Gasteiger charge is -2.21. The molecule has 1 aromatic rings. The van der Waals surface area contributed by atoms with Crippen molar-refractivity contribution in [2.75, 3.05) is 0 Å². The second-order valence-electron chi connectivity index (χ2n) is 5.25. The SMILES string of the molecule is Cc1cc(C(=O)NC2CCCCCC2O)ccc1Cl. The van der Waals surface area contributed by atoms with E-state index in [4.69, 9.17) is 11.6 Å². The van der Waals surface area contributed by atoms with Gasteiger partial charge >= 0.3 is 0 Å². The molecule has 0 bridgehead atoms. The van der Waals surface area contributed by atoms with Gasteiger partial charge in [-0.3, -0.25) is 4.79 Å². The Kier molecular flexibility index (Phi) is 4.83. The molecule has 2 atom stereocenters. The molecule has 19 heavy (non-hydrogen) atoms. The van der Waals surface area contributed by atoms with Gasteiger partial charge in [-0.05, 0) is 43.5 Å². The fourth-order valence-corrected chi connectivity index (χ4v) is 2.61. The van der Waals surface area contributed by atoms with Crippen LogP contribution in [-0.4, -0.2) is 23.2 Å². The number of aryl methyl sites for hydroxylation is 1. The third-order valence-corrected chi connectivity index (χ3v) is 4.14. The van der Waals surface area contributed by atoms with Gasteiger partial charge in [-0.2, -0.15) is 0 Å². The molecule has 0 heterocycles. The number of hydrogen-bond donors (Lipinski definition) is 2. The Labute approximate surface area is 119 Å². The minimum absolute atomic E-state index is 0.133. The zero-order valence-corrected chi connectivity index (χ0v) is 11.9. The Morgan fingerprint density at radius 1 is 1.32 bits per heavy atom. The van der Waals surface area contributed by atoms with Crippen LogP contribution < -0.4 is 5.32 Å². The quantitative estimate of drug-likeness (QED) is 0.819. The fraction of sp³-hybridized carbons (Fsp3) is 0.533. The third-order valence-electron chi connectivity index (χ3n) is 3.72. The minimum atomic E-state index is -0.431. The molecule has 2 unspecified atom stereocenters. The molecule has 4 heteroatoms. The van der Waals surface area contributed by atoms with Crippen LogP contribution in [0.3, 0.4) is 0 Å². The molecule has 0 saturated heterocycles. The van der Waals surface area contributed by atoms with Gasteiger partial charge in [0.25, 0.3) is 5.91 Å². The minimum Gasteiger partial charge on any atom is -0.391 e. The summed E-state index contributed by atoms with van der Waals surface area (Å²) in [7, 11) is 0. The van der Waals surface area contributed by atoms with Gasteiger partial charge in [-0.15, -0.1) is 0 Å². The van der Waals surface area contributed by atoms with E-state index in [9.17, 15) is 9.90 Å². The summed E-state index contributed by atoms with van der Waals surface area (Å²) in [6.07, 6.45) is 4.41. The van der Waals surface area contributed by atoms with Gasteiger partial charge in [-0.1, -0.05) is 30.9 Å². The highest BCUT2D eigenvalue weighted by atomic mass is 35.5. The average Bonchev–Trinajstić information content (AvgIpc) is 2.58.